The molecule has 0 saturated carbocycles. The van der Waals surface area contributed by atoms with Crippen molar-refractivity contribution in [2.75, 3.05) is 17.5 Å². The number of benzene rings is 1. The quantitative estimate of drug-likeness (QED) is 0.607. The molecule has 0 atom stereocenters. The average molecular weight is 270 g/mol. The minimum Gasteiger partial charge on any atom is -0.358 e. The molecule has 0 fully saturated rings. The van der Waals surface area contributed by atoms with E-state index in [0.29, 0.717) is 0 Å². The Kier molecular flexibility index (Phi) is 5.63. The van der Waals surface area contributed by atoms with Gasteiger partial charge in [0.25, 0.3) is 0 Å². The van der Waals surface area contributed by atoms with Gasteiger partial charge in [0.15, 0.2) is 0 Å². The molecule has 0 aliphatic rings. The Labute approximate surface area is 114 Å². The number of halogens is 1. The lowest BCUT2D eigenvalue weighted by molar-refractivity contribution is -0.117. The minimum atomic E-state index is -0.144. The topological polar surface area (TPSA) is 29.5 Å². The van der Waals surface area contributed by atoms with Gasteiger partial charge in [-0.3, -0.25) is 9.69 Å². The number of alkyl halides is 1. The van der Waals surface area contributed by atoms with Crippen LogP contribution in [0.4, 0.5) is 5.69 Å². The molecular formula is C14H20ClNO2. The van der Waals surface area contributed by atoms with Crippen LogP contribution in [-0.4, -0.2) is 24.6 Å². The molecule has 1 aromatic carbocycles. The van der Waals surface area contributed by atoms with Crippen LogP contribution in [0.15, 0.2) is 18.2 Å². The number of carbonyl (C=O) groups excluding carboxylic acids is 1. The van der Waals surface area contributed by atoms with Gasteiger partial charge in [0.2, 0.25) is 5.91 Å². The summed E-state index contributed by atoms with van der Waals surface area (Å²) in [5, 5.41) is 0. The van der Waals surface area contributed by atoms with E-state index in [-0.39, 0.29) is 24.6 Å². The van der Waals surface area contributed by atoms with Crippen molar-refractivity contribution < 1.29 is 9.53 Å². The summed E-state index contributed by atoms with van der Waals surface area (Å²) in [5.41, 5.74) is 2.98. The number of hydrogen-bond acceptors (Lipinski definition) is 2. The van der Waals surface area contributed by atoms with E-state index in [9.17, 15) is 4.79 Å². The van der Waals surface area contributed by atoms with Gasteiger partial charge in [0, 0.05) is 0 Å². The normalized spacial score (nSPS) is 10.8. The summed E-state index contributed by atoms with van der Waals surface area (Å²) >= 11 is 5.67. The van der Waals surface area contributed by atoms with Crippen LogP contribution in [0.5, 0.6) is 0 Å². The first-order chi connectivity index (χ1) is 8.47. The average Bonchev–Trinajstić information content (AvgIpc) is 2.31. The molecule has 0 heterocycles. The molecule has 0 N–H and O–H groups in total. The molecule has 1 amide bonds. The van der Waals surface area contributed by atoms with Crippen LogP contribution in [0, 0.1) is 13.8 Å². The number of hydrogen-bond donors (Lipinski definition) is 0. The molecule has 0 saturated heterocycles. The highest BCUT2D eigenvalue weighted by Gasteiger charge is 2.19. The van der Waals surface area contributed by atoms with Crippen LogP contribution in [0.25, 0.3) is 0 Å². The first kappa shape index (κ1) is 15.0. The van der Waals surface area contributed by atoms with Crippen LogP contribution >= 0.6 is 11.6 Å². The van der Waals surface area contributed by atoms with Gasteiger partial charge in [-0.05, 0) is 38.8 Å². The zero-order chi connectivity index (χ0) is 13.7. The number of ether oxygens (including phenoxy) is 1. The van der Waals surface area contributed by atoms with Gasteiger partial charge in [-0.1, -0.05) is 18.2 Å². The van der Waals surface area contributed by atoms with Crippen molar-refractivity contribution >= 4 is 23.2 Å². The maximum absolute atomic E-state index is 11.9. The molecule has 0 bridgehead atoms. The van der Waals surface area contributed by atoms with Gasteiger partial charge in [-0.25, -0.2) is 0 Å². The van der Waals surface area contributed by atoms with Gasteiger partial charge >= 0.3 is 0 Å². The van der Waals surface area contributed by atoms with Crippen LogP contribution in [0.3, 0.4) is 0 Å². The SMILES string of the molecule is Cc1cccc(C)c1N(COC(C)C)C(=O)CCl. The van der Waals surface area contributed by atoms with E-state index in [1.807, 2.05) is 45.9 Å². The molecule has 100 valence electrons. The summed E-state index contributed by atoms with van der Waals surface area (Å²) in [6.45, 7) is 8.06. The molecular weight excluding hydrogens is 250 g/mol. The molecule has 0 aliphatic carbocycles. The standard InChI is InChI=1S/C14H20ClNO2/c1-10(2)18-9-16(13(17)8-15)14-11(3)6-5-7-12(14)4/h5-7,10H,8-9H2,1-4H3. The maximum Gasteiger partial charge on any atom is 0.243 e. The van der Waals surface area contributed by atoms with Gasteiger partial charge in [0.1, 0.15) is 12.6 Å². The molecule has 0 aromatic heterocycles. The lowest BCUT2D eigenvalue weighted by Gasteiger charge is -2.26. The van der Waals surface area contributed by atoms with Crippen LogP contribution in [0.1, 0.15) is 25.0 Å². The van der Waals surface area contributed by atoms with E-state index in [2.05, 4.69) is 0 Å². The summed E-state index contributed by atoms with van der Waals surface area (Å²) in [4.78, 5) is 13.6. The van der Waals surface area contributed by atoms with E-state index in [1.54, 1.807) is 4.90 Å². The predicted octanol–water partition coefficient (Wildman–Crippen LogP) is 3.26. The number of amides is 1. The Morgan fingerprint density at radius 1 is 1.33 bits per heavy atom. The van der Waals surface area contributed by atoms with Gasteiger partial charge in [0.05, 0.1) is 11.8 Å². The van der Waals surface area contributed by atoms with Crippen molar-refractivity contribution in [1.82, 2.24) is 0 Å². The first-order valence-corrected chi connectivity index (χ1v) is 6.55. The largest absolute Gasteiger partial charge is 0.358 e. The zero-order valence-electron chi connectivity index (χ0n) is 11.4. The molecule has 1 rings (SSSR count). The molecule has 1 aromatic rings. The Balaban J connectivity index is 3.05. The van der Waals surface area contributed by atoms with E-state index >= 15 is 0 Å². The van der Waals surface area contributed by atoms with E-state index < -0.39 is 0 Å². The molecule has 4 heteroatoms. The Morgan fingerprint density at radius 2 is 1.89 bits per heavy atom. The number of rotatable bonds is 5. The second-order valence-corrected chi connectivity index (χ2v) is 4.81. The number of para-hydroxylation sites is 1. The third-order valence-corrected chi connectivity index (χ3v) is 2.89. The third-order valence-electron chi connectivity index (χ3n) is 2.66. The summed E-state index contributed by atoms with van der Waals surface area (Å²) in [6.07, 6.45) is 0.0694. The summed E-state index contributed by atoms with van der Waals surface area (Å²) in [6, 6.07) is 5.93. The zero-order valence-corrected chi connectivity index (χ0v) is 12.1. The molecule has 18 heavy (non-hydrogen) atoms. The van der Waals surface area contributed by atoms with E-state index in [1.165, 1.54) is 0 Å². The second kappa shape index (κ2) is 6.76. The third kappa shape index (κ3) is 3.72. The van der Waals surface area contributed by atoms with Crippen molar-refractivity contribution in [3.63, 3.8) is 0 Å². The number of nitrogens with zero attached hydrogens (tertiary/aromatic N) is 1. The fraction of sp³-hybridized carbons (Fsp3) is 0.500. The van der Waals surface area contributed by atoms with Crippen molar-refractivity contribution in [3.05, 3.63) is 29.3 Å². The lowest BCUT2D eigenvalue weighted by Crippen LogP contribution is -2.36. The predicted molar refractivity (Wildman–Crippen MR) is 75.2 cm³/mol. The van der Waals surface area contributed by atoms with Gasteiger partial charge in [-0.15, -0.1) is 11.6 Å². The van der Waals surface area contributed by atoms with Crippen molar-refractivity contribution in [2.45, 2.75) is 33.8 Å². The Bertz CT molecular complexity index is 398. The fourth-order valence-electron chi connectivity index (χ4n) is 1.79. The molecule has 0 spiro atoms. The minimum absolute atomic E-state index is 0.0464. The highest BCUT2D eigenvalue weighted by atomic mass is 35.5. The summed E-state index contributed by atoms with van der Waals surface area (Å²) in [5.74, 6) is -0.190. The molecule has 0 unspecified atom stereocenters. The fourth-order valence-corrected chi connectivity index (χ4v) is 1.93. The summed E-state index contributed by atoms with van der Waals surface area (Å²) < 4.78 is 5.54. The van der Waals surface area contributed by atoms with Crippen molar-refractivity contribution in [3.8, 4) is 0 Å². The number of aryl methyl sites for hydroxylation is 2. The number of anilines is 1. The van der Waals surface area contributed by atoms with Crippen molar-refractivity contribution in [1.29, 1.82) is 0 Å². The molecule has 3 nitrogen and oxygen atoms in total. The lowest BCUT2D eigenvalue weighted by atomic mass is 10.1. The van der Waals surface area contributed by atoms with Crippen LogP contribution in [0.2, 0.25) is 0 Å². The smallest absolute Gasteiger partial charge is 0.243 e. The van der Waals surface area contributed by atoms with Gasteiger partial charge in [-0.2, -0.15) is 0 Å². The maximum atomic E-state index is 11.9. The Morgan fingerprint density at radius 3 is 2.33 bits per heavy atom. The first-order valence-electron chi connectivity index (χ1n) is 6.01. The van der Waals surface area contributed by atoms with Crippen LogP contribution in [-0.2, 0) is 9.53 Å². The molecule has 0 radical (unpaired) electrons. The van der Waals surface area contributed by atoms with Crippen LogP contribution < -0.4 is 4.90 Å². The highest BCUT2D eigenvalue weighted by Crippen LogP contribution is 2.25. The Hall–Kier alpha value is -1.06. The summed E-state index contributed by atoms with van der Waals surface area (Å²) in [7, 11) is 0. The number of carbonyl (C=O) groups is 1. The van der Waals surface area contributed by atoms with Gasteiger partial charge < -0.3 is 4.74 Å². The highest BCUT2D eigenvalue weighted by molar-refractivity contribution is 6.29. The van der Waals surface area contributed by atoms with E-state index in [0.717, 1.165) is 16.8 Å². The monoisotopic (exact) mass is 269 g/mol. The van der Waals surface area contributed by atoms with Crippen molar-refractivity contribution in [2.24, 2.45) is 0 Å². The molecule has 0 aliphatic heterocycles. The van der Waals surface area contributed by atoms with E-state index in [4.69, 9.17) is 16.3 Å². The second-order valence-electron chi connectivity index (χ2n) is 4.54.